The summed E-state index contributed by atoms with van der Waals surface area (Å²) >= 11 is 0. The van der Waals surface area contributed by atoms with Gasteiger partial charge in [0.1, 0.15) is 11.8 Å². The van der Waals surface area contributed by atoms with Crippen molar-refractivity contribution in [3.05, 3.63) is 65.3 Å². The van der Waals surface area contributed by atoms with E-state index in [0.717, 1.165) is 11.3 Å². The van der Waals surface area contributed by atoms with Crippen molar-refractivity contribution in [3.63, 3.8) is 0 Å². The Morgan fingerprint density at radius 2 is 1.97 bits per heavy atom. The van der Waals surface area contributed by atoms with Gasteiger partial charge in [-0.2, -0.15) is 0 Å². The highest BCUT2D eigenvalue weighted by molar-refractivity contribution is 5.95. The van der Waals surface area contributed by atoms with Crippen molar-refractivity contribution in [3.8, 4) is 0 Å². The first-order valence-corrected chi connectivity index (χ1v) is 9.75. The van der Waals surface area contributed by atoms with Gasteiger partial charge in [-0.15, -0.1) is 0 Å². The van der Waals surface area contributed by atoms with Crippen molar-refractivity contribution in [1.29, 1.82) is 0 Å². The van der Waals surface area contributed by atoms with Gasteiger partial charge >= 0.3 is 12.0 Å². The standard InChI is InChI=1S/C22H27N3O4/c1-5-28-21(26)19-17(23-22(27)24-20(19)18-7-6-12-29-18)13-25(14(2)3)16-10-8-15(4)9-11-16/h6-12,14,20H,5,13H2,1-4H3,(H2,23,24,27). The number of hydrogen-bond acceptors (Lipinski definition) is 5. The van der Waals surface area contributed by atoms with Gasteiger partial charge in [0, 0.05) is 11.7 Å². The zero-order chi connectivity index (χ0) is 21.0. The number of nitrogens with one attached hydrogen (secondary N) is 2. The van der Waals surface area contributed by atoms with Crippen LogP contribution in [0.4, 0.5) is 10.5 Å². The smallest absolute Gasteiger partial charge is 0.338 e. The van der Waals surface area contributed by atoms with E-state index in [0.29, 0.717) is 23.6 Å². The van der Waals surface area contributed by atoms with E-state index in [1.165, 1.54) is 6.26 Å². The Balaban J connectivity index is 2.04. The van der Waals surface area contributed by atoms with Crippen molar-refractivity contribution >= 4 is 17.7 Å². The number of urea groups is 1. The maximum absolute atomic E-state index is 12.8. The van der Waals surface area contributed by atoms with Crippen LogP contribution in [0, 0.1) is 6.92 Å². The molecule has 1 unspecified atom stereocenters. The fourth-order valence-electron chi connectivity index (χ4n) is 3.34. The fraction of sp³-hybridized carbons (Fsp3) is 0.364. The molecule has 3 rings (SSSR count). The molecule has 1 aliphatic heterocycles. The van der Waals surface area contributed by atoms with Crippen LogP contribution in [-0.2, 0) is 9.53 Å². The number of rotatable bonds is 7. The number of carbonyl (C=O) groups excluding carboxylic acids is 2. The first-order chi connectivity index (χ1) is 13.9. The van der Waals surface area contributed by atoms with E-state index >= 15 is 0 Å². The summed E-state index contributed by atoms with van der Waals surface area (Å²) in [6.45, 7) is 8.50. The van der Waals surface area contributed by atoms with Crippen LogP contribution < -0.4 is 15.5 Å². The van der Waals surface area contributed by atoms with Crippen molar-refractivity contribution < 1.29 is 18.7 Å². The zero-order valence-corrected chi connectivity index (χ0v) is 17.2. The summed E-state index contributed by atoms with van der Waals surface area (Å²) in [5, 5.41) is 5.58. The van der Waals surface area contributed by atoms with Gasteiger partial charge in [0.15, 0.2) is 0 Å². The number of nitrogens with zero attached hydrogens (tertiary/aromatic N) is 1. The number of anilines is 1. The SMILES string of the molecule is CCOC(=O)C1=C(CN(c2ccc(C)cc2)C(C)C)NC(=O)NC1c1ccco1. The highest BCUT2D eigenvalue weighted by Gasteiger charge is 2.36. The van der Waals surface area contributed by atoms with Crippen LogP contribution in [0.15, 0.2) is 58.3 Å². The highest BCUT2D eigenvalue weighted by atomic mass is 16.5. The lowest BCUT2D eigenvalue weighted by molar-refractivity contribution is -0.139. The second kappa shape index (κ2) is 8.86. The lowest BCUT2D eigenvalue weighted by Gasteiger charge is -2.34. The minimum atomic E-state index is -0.708. The second-order valence-electron chi connectivity index (χ2n) is 7.22. The third-order valence-electron chi connectivity index (χ3n) is 4.79. The van der Waals surface area contributed by atoms with Gasteiger partial charge in [0.2, 0.25) is 0 Å². The third kappa shape index (κ3) is 4.62. The number of hydrogen-bond donors (Lipinski definition) is 2. The molecule has 2 N–H and O–H groups in total. The summed E-state index contributed by atoms with van der Waals surface area (Å²) in [5.41, 5.74) is 3.02. The molecule has 0 saturated heterocycles. The molecule has 1 atom stereocenters. The van der Waals surface area contributed by atoms with Gasteiger partial charge in [-0.3, -0.25) is 0 Å². The molecule has 0 spiro atoms. The van der Waals surface area contributed by atoms with E-state index in [-0.39, 0.29) is 18.7 Å². The van der Waals surface area contributed by atoms with Gasteiger partial charge in [0.25, 0.3) is 0 Å². The van der Waals surface area contributed by atoms with Crippen LogP contribution >= 0.6 is 0 Å². The van der Waals surface area contributed by atoms with Crippen LogP contribution in [0.2, 0.25) is 0 Å². The summed E-state index contributed by atoms with van der Waals surface area (Å²) in [5.74, 6) is -0.00384. The molecule has 0 fully saturated rings. The predicted octanol–water partition coefficient (Wildman–Crippen LogP) is 3.67. The van der Waals surface area contributed by atoms with Gasteiger partial charge in [-0.1, -0.05) is 17.7 Å². The average molecular weight is 397 g/mol. The molecule has 0 radical (unpaired) electrons. The van der Waals surface area contributed by atoms with Crippen LogP contribution in [0.3, 0.4) is 0 Å². The van der Waals surface area contributed by atoms with Crippen LogP contribution in [0.5, 0.6) is 0 Å². The Morgan fingerprint density at radius 3 is 2.55 bits per heavy atom. The second-order valence-corrected chi connectivity index (χ2v) is 7.22. The molecule has 1 aromatic carbocycles. The van der Waals surface area contributed by atoms with Gasteiger partial charge in [-0.05, 0) is 52.0 Å². The normalized spacial score (nSPS) is 16.4. The molecule has 154 valence electrons. The number of amides is 2. The lowest BCUT2D eigenvalue weighted by atomic mass is 9.99. The number of carbonyl (C=O) groups is 2. The zero-order valence-electron chi connectivity index (χ0n) is 17.2. The van der Waals surface area contributed by atoms with E-state index in [4.69, 9.17) is 9.15 Å². The maximum Gasteiger partial charge on any atom is 0.338 e. The molecule has 0 aliphatic carbocycles. The molecule has 0 saturated carbocycles. The Morgan fingerprint density at radius 1 is 1.24 bits per heavy atom. The van der Waals surface area contributed by atoms with Crippen LogP contribution in [0.25, 0.3) is 0 Å². The topological polar surface area (TPSA) is 83.8 Å². The molecular formula is C22H27N3O4. The fourth-order valence-corrected chi connectivity index (χ4v) is 3.34. The molecule has 0 bridgehead atoms. The van der Waals surface area contributed by atoms with Crippen LogP contribution in [0.1, 0.15) is 38.1 Å². The molecule has 1 aromatic heterocycles. The monoisotopic (exact) mass is 397 g/mol. The summed E-state index contributed by atoms with van der Waals surface area (Å²) in [6, 6.07) is 10.6. The number of ether oxygens (including phenoxy) is 1. The van der Waals surface area contributed by atoms with E-state index in [9.17, 15) is 9.59 Å². The summed E-state index contributed by atoms with van der Waals surface area (Å²) in [7, 11) is 0. The molecule has 2 heterocycles. The first kappa shape index (κ1) is 20.5. The molecule has 7 heteroatoms. The van der Waals surface area contributed by atoms with Crippen molar-refractivity contribution in [2.24, 2.45) is 0 Å². The van der Waals surface area contributed by atoms with Crippen molar-refractivity contribution in [2.75, 3.05) is 18.1 Å². The minimum Gasteiger partial charge on any atom is -0.467 e. The summed E-state index contributed by atoms with van der Waals surface area (Å²) in [6.07, 6.45) is 1.51. The lowest BCUT2D eigenvalue weighted by Crippen LogP contribution is -2.49. The summed E-state index contributed by atoms with van der Waals surface area (Å²) < 4.78 is 10.8. The Kier molecular flexibility index (Phi) is 6.26. The van der Waals surface area contributed by atoms with E-state index < -0.39 is 12.0 Å². The first-order valence-electron chi connectivity index (χ1n) is 9.75. The van der Waals surface area contributed by atoms with E-state index in [1.54, 1.807) is 19.1 Å². The van der Waals surface area contributed by atoms with Crippen molar-refractivity contribution in [2.45, 2.75) is 39.8 Å². The third-order valence-corrected chi connectivity index (χ3v) is 4.79. The van der Waals surface area contributed by atoms with Gasteiger partial charge in [0.05, 0.1) is 30.7 Å². The molecule has 1 aliphatic rings. The molecule has 7 nitrogen and oxygen atoms in total. The summed E-state index contributed by atoms with van der Waals surface area (Å²) in [4.78, 5) is 27.3. The largest absolute Gasteiger partial charge is 0.467 e. The number of esters is 1. The Hall–Kier alpha value is -3.22. The van der Waals surface area contributed by atoms with Gasteiger partial charge in [-0.25, -0.2) is 9.59 Å². The van der Waals surface area contributed by atoms with Crippen molar-refractivity contribution in [1.82, 2.24) is 10.6 Å². The quantitative estimate of drug-likeness (QED) is 0.697. The van der Waals surface area contributed by atoms with E-state index in [1.807, 2.05) is 31.2 Å². The number of furan rings is 1. The number of benzene rings is 1. The average Bonchev–Trinajstić information content (AvgIpc) is 3.21. The maximum atomic E-state index is 12.8. The van der Waals surface area contributed by atoms with Gasteiger partial charge < -0.3 is 24.7 Å². The molecule has 29 heavy (non-hydrogen) atoms. The highest BCUT2D eigenvalue weighted by Crippen LogP contribution is 2.29. The van der Waals surface area contributed by atoms with E-state index in [2.05, 4.69) is 29.4 Å². The molecule has 2 amide bonds. The minimum absolute atomic E-state index is 0.141. The molecule has 2 aromatic rings. The predicted molar refractivity (Wildman–Crippen MR) is 110 cm³/mol. The Bertz CT molecular complexity index is 885. The Labute approximate surface area is 170 Å². The molecular weight excluding hydrogens is 370 g/mol. The van der Waals surface area contributed by atoms with Crippen LogP contribution in [-0.4, -0.2) is 31.2 Å². The number of aryl methyl sites for hydroxylation is 1.